The normalized spacial score (nSPS) is 10.7. The van der Waals surface area contributed by atoms with Crippen LogP contribution in [0, 0.1) is 0 Å². The maximum atomic E-state index is 10.7. The van der Waals surface area contributed by atoms with Crippen LogP contribution >= 0.6 is 34.4 Å². The second-order valence-corrected chi connectivity index (χ2v) is 8.28. The molecule has 0 spiro atoms. The number of benzene rings is 1. The number of aryl methyl sites for hydroxylation is 1. The van der Waals surface area contributed by atoms with E-state index in [2.05, 4.69) is 46.9 Å². The Morgan fingerprint density at radius 3 is 2.92 bits per heavy atom. The van der Waals surface area contributed by atoms with Crippen LogP contribution in [-0.4, -0.2) is 11.1 Å². The Morgan fingerprint density at radius 1 is 1.33 bits per heavy atom. The van der Waals surface area contributed by atoms with Gasteiger partial charge in [0.1, 0.15) is 11.6 Å². The molecule has 1 amide bonds. The number of nitrogens with two attached hydrogens (primary N) is 1. The van der Waals surface area contributed by atoms with Gasteiger partial charge in [-0.1, -0.05) is 24.8 Å². The Bertz CT molecular complexity index is 828. The van der Waals surface area contributed by atoms with Crippen LogP contribution < -0.4 is 5.73 Å². The number of carbonyl (C=O) groups excluding carboxylic acids is 1. The Morgan fingerprint density at radius 2 is 2.21 bits per heavy atom. The Balaban J connectivity index is 1.79. The monoisotopic (exact) mass is 376 g/mol. The van der Waals surface area contributed by atoms with Crippen molar-refractivity contribution in [3.8, 4) is 11.1 Å². The van der Waals surface area contributed by atoms with Crippen molar-refractivity contribution in [3.63, 3.8) is 0 Å². The van der Waals surface area contributed by atoms with E-state index in [1.54, 1.807) is 29.3 Å². The highest BCUT2D eigenvalue weighted by Crippen LogP contribution is 2.36. The van der Waals surface area contributed by atoms with E-state index in [-0.39, 0.29) is 6.61 Å². The number of rotatable bonds is 6. The van der Waals surface area contributed by atoms with Gasteiger partial charge >= 0.3 is 6.09 Å². The van der Waals surface area contributed by atoms with Gasteiger partial charge in [-0.15, -0.1) is 11.3 Å². The smallest absolute Gasteiger partial charge is 0.404 e. The molecule has 0 fully saturated rings. The summed E-state index contributed by atoms with van der Waals surface area (Å²) in [6.07, 6.45) is 2.01. The molecule has 0 bridgehead atoms. The molecule has 2 aromatic heterocycles. The number of ether oxygens (including phenoxy) is 1. The summed E-state index contributed by atoms with van der Waals surface area (Å²) in [7, 11) is 0. The molecule has 0 radical (unpaired) electrons. The van der Waals surface area contributed by atoms with Gasteiger partial charge in [0, 0.05) is 4.90 Å². The third-order valence-corrected chi connectivity index (χ3v) is 6.04. The first kappa shape index (κ1) is 17.0. The molecule has 3 rings (SSSR count). The van der Waals surface area contributed by atoms with E-state index in [4.69, 9.17) is 10.5 Å². The van der Waals surface area contributed by atoms with Crippen LogP contribution in [0.4, 0.5) is 4.79 Å². The van der Waals surface area contributed by atoms with Gasteiger partial charge in [-0.25, -0.2) is 9.78 Å². The number of primary amides is 1. The topological polar surface area (TPSA) is 65.2 Å². The molecule has 124 valence electrons. The van der Waals surface area contributed by atoms with Crippen molar-refractivity contribution in [2.45, 2.75) is 29.1 Å². The second kappa shape index (κ2) is 7.83. The van der Waals surface area contributed by atoms with Crippen LogP contribution in [0.25, 0.3) is 11.1 Å². The Labute approximate surface area is 152 Å². The van der Waals surface area contributed by atoms with Crippen LogP contribution in [0.3, 0.4) is 0 Å². The fourth-order valence-electron chi connectivity index (χ4n) is 2.18. The van der Waals surface area contributed by atoms with E-state index in [1.807, 2.05) is 0 Å². The molecule has 0 aliphatic carbocycles. The zero-order chi connectivity index (χ0) is 16.9. The van der Waals surface area contributed by atoms with Crippen molar-refractivity contribution in [2.75, 3.05) is 0 Å². The van der Waals surface area contributed by atoms with E-state index < -0.39 is 6.09 Å². The summed E-state index contributed by atoms with van der Waals surface area (Å²) in [4.78, 5) is 16.1. The van der Waals surface area contributed by atoms with Crippen molar-refractivity contribution in [1.82, 2.24) is 4.98 Å². The maximum Gasteiger partial charge on any atom is 0.404 e. The Hall–Kier alpha value is -1.83. The molecule has 0 atom stereocenters. The minimum atomic E-state index is -0.782. The lowest BCUT2D eigenvalue weighted by molar-refractivity contribution is 0.150. The number of thiazole rings is 1. The van der Waals surface area contributed by atoms with Gasteiger partial charge in [0.05, 0.1) is 10.4 Å². The van der Waals surface area contributed by atoms with Crippen molar-refractivity contribution in [3.05, 3.63) is 51.8 Å². The molecule has 3 aromatic rings. The number of amides is 1. The summed E-state index contributed by atoms with van der Waals surface area (Å²) in [6.45, 7) is 2.28. The van der Waals surface area contributed by atoms with E-state index in [9.17, 15) is 4.79 Å². The van der Waals surface area contributed by atoms with Crippen molar-refractivity contribution >= 4 is 40.5 Å². The number of hydrogen-bond acceptors (Lipinski definition) is 6. The first-order valence-electron chi connectivity index (χ1n) is 7.35. The summed E-state index contributed by atoms with van der Waals surface area (Å²) in [5, 5.41) is 4.99. The largest absolute Gasteiger partial charge is 0.442 e. The molecule has 0 saturated heterocycles. The molecule has 2 heterocycles. The molecule has 1 aromatic carbocycles. The third-order valence-electron chi connectivity index (χ3n) is 3.32. The third kappa shape index (κ3) is 4.37. The van der Waals surface area contributed by atoms with E-state index >= 15 is 0 Å². The first-order chi connectivity index (χ1) is 11.6. The van der Waals surface area contributed by atoms with Crippen LogP contribution in [0.5, 0.6) is 0 Å². The van der Waals surface area contributed by atoms with Crippen molar-refractivity contribution < 1.29 is 9.53 Å². The van der Waals surface area contributed by atoms with Crippen molar-refractivity contribution in [2.24, 2.45) is 5.73 Å². The molecule has 4 nitrogen and oxygen atoms in total. The van der Waals surface area contributed by atoms with Gasteiger partial charge in [-0.3, -0.25) is 0 Å². The van der Waals surface area contributed by atoms with Gasteiger partial charge in [0.15, 0.2) is 0 Å². The minimum Gasteiger partial charge on any atom is -0.442 e. The molecule has 0 aliphatic heterocycles. The lowest BCUT2D eigenvalue weighted by Crippen LogP contribution is -2.12. The highest BCUT2D eigenvalue weighted by molar-refractivity contribution is 8.01. The summed E-state index contributed by atoms with van der Waals surface area (Å²) < 4.78 is 5.83. The van der Waals surface area contributed by atoms with E-state index in [0.29, 0.717) is 0 Å². The zero-order valence-corrected chi connectivity index (χ0v) is 15.5. The van der Waals surface area contributed by atoms with Crippen LogP contribution in [-0.2, 0) is 17.8 Å². The standard InChI is InChI=1S/C17H16N2O2S3/c1-2-11-5-13(12-3-4-22-10-12)7-14(6-11)23-16-8-19-15(24-16)9-21-17(18)20/h3-8,10H,2,9H2,1H3,(H2,18,20). The number of nitrogens with zero attached hydrogens (tertiary/aromatic N) is 1. The summed E-state index contributed by atoms with van der Waals surface area (Å²) in [5.41, 5.74) is 8.77. The van der Waals surface area contributed by atoms with Gasteiger partial charge in [0.2, 0.25) is 0 Å². The van der Waals surface area contributed by atoms with E-state index in [0.717, 1.165) is 15.6 Å². The summed E-state index contributed by atoms with van der Waals surface area (Å²) in [5.74, 6) is 0. The first-order valence-corrected chi connectivity index (χ1v) is 9.93. The fraction of sp³-hybridized carbons (Fsp3) is 0.176. The molecule has 0 aliphatic rings. The number of thiophene rings is 1. The van der Waals surface area contributed by atoms with Crippen LogP contribution in [0.1, 0.15) is 17.5 Å². The quantitative estimate of drug-likeness (QED) is 0.644. The molecular weight excluding hydrogens is 360 g/mol. The molecule has 7 heteroatoms. The summed E-state index contributed by atoms with van der Waals surface area (Å²) >= 11 is 4.88. The van der Waals surface area contributed by atoms with Crippen LogP contribution in [0.2, 0.25) is 0 Å². The SMILES string of the molecule is CCc1cc(Sc2cnc(COC(N)=O)s2)cc(-c2ccsc2)c1. The van der Waals surface area contributed by atoms with Gasteiger partial charge in [-0.2, -0.15) is 11.3 Å². The predicted octanol–water partition coefficient (Wildman–Crippen LogP) is 5.18. The zero-order valence-electron chi connectivity index (χ0n) is 13.0. The summed E-state index contributed by atoms with van der Waals surface area (Å²) in [6, 6.07) is 8.79. The van der Waals surface area contributed by atoms with Crippen molar-refractivity contribution in [1.29, 1.82) is 0 Å². The highest BCUT2D eigenvalue weighted by Gasteiger charge is 2.08. The number of hydrogen-bond donors (Lipinski definition) is 1. The molecule has 0 unspecified atom stereocenters. The van der Waals surface area contributed by atoms with Gasteiger partial charge < -0.3 is 10.5 Å². The molecule has 2 N–H and O–H groups in total. The highest BCUT2D eigenvalue weighted by atomic mass is 32.2. The predicted molar refractivity (Wildman–Crippen MR) is 99.7 cm³/mol. The molecular formula is C17H16N2O2S3. The second-order valence-electron chi connectivity index (χ2n) is 5.01. The van der Waals surface area contributed by atoms with E-state index in [1.165, 1.54) is 32.9 Å². The minimum absolute atomic E-state index is 0.121. The Kier molecular flexibility index (Phi) is 5.55. The fourth-order valence-corrected chi connectivity index (χ4v) is 4.88. The number of aromatic nitrogens is 1. The average molecular weight is 377 g/mol. The molecule has 24 heavy (non-hydrogen) atoms. The average Bonchev–Trinajstić information content (AvgIpc) is 3.24. The van der Waals surface area contributed by atoms with Crippen LogP contribution in [0.15, 0.2) is 50.3 Å². The number of carbonyl (C=O) groups is 1. The van der Waals surface area contributed by atoms with Gasteiger partial charge in [-0.05, 0) is 52.1 Å². The molecule has 0 saturated carbocycles. The lowest BCUT2D eigenvalue weighted by Gasteiger charge is -2.07. The van der Waals surface area contributed by atoms with Gasteiger partial charge in [0.25, 0.3) is 0 Å². The lowest BCUT2D eigenvalue weighted by atomic mass is 10.0. The maximum absolute atomic E-state index is 10.7.